The van der Waals surface area contributed by atoms with Crippen LogP contribution in [-0.4, -0.2) is 25.7 Å². The zero-order valence-corrected chi connectivity index (χ0v) is 9.77. The highest BCUT2D eigenvalue weighted by Gasteiger charge is 2.39. The molecule has 0 aromatic rings. The Labute approximate surface area is 91.6 Å². The van der Waals surface area contributed by atoms with Crippen molar-refractivity contribution in [2.24, 2.45) is 10.8 Å². The van der Waals surface area contributed by atoms with Crippen molar-refractivity contribution < 1.29 is 9.53 Å². The van der Waals surface area contributed by atoms with Crippen molar-refractivity contribution >= 4 is 5.91 Å². The summed E-state index contributed by atoms with van der Waals surface area (Å²) in [6.07, 6.45) is 4.49. The number of carbonyl (C=O) groups is 1. The Kier molecular flexibility index (Phi) is 2.75. The Balaban J connectivity index is 1.81. The fourth-order valence-corrected chi connectivity index (χ4v) is 2.44. The molecule has 2 fully saturated rings. The Bertz CT molecular complexity index is 252. The molecule has 1 saturated carbocycles. The van der Waals surface area contributed by atoms with Crippen molar-refractivity contribution in [3.8, 4) is 0 Å². The van der Waals surface area contributed by atoms with E-state index in [9.17, 15) is 4.79 Å². The molecule has 0 aromatic heterocycles. The first-order valence-corrected chi connectivity index (χ1v) is 5.90. The van der Waals surface area contributed by atoms with Gasteiger partial charge < -0.3 is 10.1 Å². The smallest absolute Gasteiger partial charge is 0.225 e. The van der Waals surface area contributed by atoms with E-state index >= 15 is 0 Å². The molecule has 1 aliphatic heterocycles. The minimum atomic E-state index is -0.0963. The van der Waals surface area contributed by atoms with E-state index in [2.05, 4.69) is 19.2 Å². The normalized spacial score (nSPS) is 27.1. The standard InChI is InChI=1S/C12H21NO2/c1-11(8-15-9-11)7-13-10(14)12(2)5-3-4-6-12/h3-9H2,1-2H3,(H,13,14). The molecule has 0 aromatic carbocycles. The molecular formula is C12H21NO2. The van der Waals surface area contributed by atoms with Crippen molar-refractivity contribution in [1.82, 2.24) is 5.32 Å². The summed E-state index contributed by atoms with van der Waals surface area (Å²) >= 11 is 0. The topological polar surface area (TPSA) is 38.3 Å². The maximum atomic E-state index is 12.0. The van der Waals surface area contributed by atoms with E-state index in [-0.39, 0.29) is 16.7 Å². The lowest BCUT2D eigenvalue weighted by Crippen LogP contribution is -2.50. The van der Waals surface area contributed by atoms with Gasteiger partial charge in [0.1, 0.15) is 0 Å². The highest BCUT2D eigenvalue weighted by molar-refractivity contribution is 5.82. The van der Waals surface area contributed by atoms with Crippen LogP contribution in [0.15, 0.2) is 0 Å². The molecule has 1 heterocycles. The first-order chi connectivity index (χ1) is 7.04. The molecule has 15 heavy (non-hydrogen) atoms. The van der Waals surface area contributed by atoms with Gasteiger partial charge in [0.25, 0.3) is 0 Å². The number of amides is 1. The molecule has 1 saturated heterocycles. The van der Waals surface area contributed by atoms with Crippen molar-refractivity contribution in [2.75, 3.05) is 19.8 Å². The summed E-state index contributed by atoms with van der Waals surface area (Å²) in [4.78, 5) is 12.0. The minimum absolute atomic E-state index is 0.0963. The molecule has 1 amide bonds. The van der Waals surface area contributed by atoms with Crippen LogP contribution in [0.1, 0.15) is 39.5 Å². The van der Waals surface area contributed by atoms with E-state index < -0.39 is 0 Å². The van der Waals surface area contributed by atoms with Crippen LogP contribution < -0.4 is 5.32 Å². The van der Waals surface area contributed by atoms with Crippen molar-refractivity contribution in [3.05, 3.63) is 0 Å². The lowest BCUT2D eigenvalue weighted by atomic mass is 9.85. The van der Waals surface area contributed by atoms with Gasteiger partial charge in [0.15, 0.2) is 0 Å². The van der Waals surface area contributed by atoms with Crippen LogP contribution in [0.25, 0.3) is 0 Å². The average molecular weight is 211 g/mol. The molecule has 86 valence electrons. The fourth-order valence-electron chi connectivity index (χ4n) is 2.44. The van der Waals surface area contributed by atoms with Crippen LogP contribution >= 0.6 is 0 Å². The first-order valence-electron chi connectivity index (χ1n) is 5.90. The van der Waals surface area contributed by atoms with Gasteiger partial charge in [-0.3, -0.25) is 4.79 Å². The summed E-state index contributed by atoms with van der Waals surface area (Å²) < 4.78 is 5.17. The number of nitrogens with one attached hydrogen (secondary N) is 1. The number of hydrogen-bond donors (Lipinski definition) is 1. The Hall–Kier alpha value is -0.570. The van der Waals surface area contributed by atoms with Crippen molar-refractivity contribution in [1.29, 1.82) is 0 Å². The van der Waals surface area contributed by atoms with Crippen molar-refractivity contribution in [2.45, 2.75) is 39.5 Å². The summed E-state index contributed by atoms with van der Waals surface area (Å²) in [6.45, 7) is 6.58. The van der Waals surface area contributed by atoms with Gasteiger partial charge in [0.2, 0.25) is 5.91 Å². The Morgan fingerprint density at radius 2 is 1.87 bits per heavy atom. The van der Waals surface area contributed by atoms with Gasteiger partial charge in [0, 0.05) is 17.4 Å². The highest BCUT2D eigenvalue weighted by atomic mass is 16.5. The third-order valence-corrected chi connectivity index (χ3v) is 3.83. The van der Waals surface area contributed by atoms with E-state index in [1.807, 2.05) is 0 Å². The molecule has 0 spiro atoms. The molecule has 0 radical (unpaired) electrons. The molecule has 0 atom stereocenters. The summed E-state index contributed by atoms with van der Waals surface area (Å²) in [5.74, 6) is 0.244. The lowest BCUT2D eigenvalue weighted by molar-refractivity contribution is -0.134. The van der Waals surface area contributed by atoms with Gasteiger partial charge in [-0.1, -0.05) is 26.7 Å². The van der Waals surface area contributed by atoms with E-state index in [1.165, 1.54) is 12.8 Å². The molecule has 1 N–H and O–H groups in total. The maximum Gasteiger partial charge on any atom is 0.225 e. The molecule has 3 heteroatoms. The third kappa shape index (κ3) is 2.17. The van der Waals surface area contributed by atoms with E-state index in [4.69, 9.17) is 4.74 Å². The maximum absolute atomic E-state index is 12.0. The number of rotatable bonds is 3. The molecule has 3 nitrogen and oxygen atoms in total. The van der Waals surface area contributed by atoms with E-state index in [0.717, 1.165) is 32.6 Å². The monoisotopic (exact) mass is 211 g/mol. The largest absolute Gasteiger partial charge is 0.380 e. The van der Waals surface area contributed by atoms with Gasteiger partial charge in [-0.05, 0) is 12.8 Å². The number of ether oxygens (including phenoxy) is 1. The molecule has 2 rings (SSSR count). The van der Waals surface area contributed by atoms with Gasteiger partial charge >= 0.3 is 0 Å². The van der Waals surface area contributed by atoms with Gasteiger partial charge in [-0.25, -0.2) is 0 Å². The van der Waals surface area contributed by atoms with Crippen LogP contribution in [0, 0.1) is 10.8 Å². The van der Waals surface area contributed by atoms with Gasteiger partial charge in [-0.2, -0.15) is 0 Å². The van der Waals surface area contributed by atoms with Crippen molar-refractivity contribution in [3.63, 3.8) is 0 Å². The molecule has 2 aliphatic rings. The lowest BCUT2D eigenvalue weighted by Gasteiger charge is -2.38. The summed E-state index contributed by atoms with van der Waals surface area (Å²) in [7, 11) is 0. The van der Waals surface area contributed by atoms with Gasteiger partial charge in [0.05, 0.1) is 13.2 Å². The first kappa shape index (κ1) is 10.9. The molecule has 1 aliphatic carbocycles. The average Bonchev–Trinajstić information content (AvgIpc) is 2.60. The van der Waals surface area contributed by atoms with Crippen LogP contribution in [0.2, 0.25) is 0 Å². The van der Waals surface area contributed by atoms with E-state index in [1.54, 1.807) is 0 Å². The Morgan fingerprint density at radius 3 is 2.33 bits per heavy atom. The summed E-state index contributed by atoms with van der Waals surface area (Å²) in [6, 6.07) is 0. The third-order valence-electron chi connectivity index (χ3n) is 3.83. The second-order valence-corrected chi connectivity index (χ2v) is 5.75. The van der Waals surface area contributed by atoms with Crippen LogP contribution in [0.4, 0.5) is 0 Å². The second-order valence-electron chi connectivity index (χ2n) is 5.75. The zero-order chi connectivity index (χ0) is 10.9. The summed E-state index contributed by atoms with van der Waals surface area (Å²) in [5.41, 5.74) is 0.0889. The number of hydrogen-bond acceptors (Lipinski definition) is 2. The van der Waals surface area contributed by atoms with Crippen LogP contribution in [0.3, 0.4) is 0 Å². The SMILES string of the molecule is CC1(CNC(=O)C2(C)CCCC2)COC1. The predicted molar refractivity (Wildman–Crippen MR) is 58.5 cm³/mol. The molecule has 0 unspecified atom stereocenters. The van der Waals surface area contributed by atoms with Crippen LogP contribution in [0.5, 0.6) is 0 Å². The summed E-state index contributed by atoms with van der Waals surface area (Å²) in [5, 5.41) is 3.09. The highest BCUT2D eigenvalue weighted by Crippen LogP contribution is 2.37. The Morgan fingerprint density at radius 1 is 1.27 bits per heavy atom. The minimum Gasteiger partial charge on any atom is -0.380 e. The number of carbonyl (C=O) groups excluding carboxylic acids is 1. The zero-order valence-electron chi connectivity index (χ0n) is 9.77. The fraction of sp³-hybridized carbons (Fsp3) is 0.917. The van der Waals surface area contributed by atoms with Gasteiger partial charge in [-0.15, -0.1) is 0 Å². The van der Waals surface area contributed by atoms with Crippen LogP contribution in [-0.2, 0) is 9.53 Å². The van der Waals surface area contributed by atoms with E-state index in [0.29, 0.717) is 0 Å². The second kappa shape index (κ2) is 3.78. The predicted octanol–water partition coefficient (Wildman–Crippen LogP) is 1.72. The quantitative estimate of drug-likeness (QED) is 0.772. The molecular weight excluding hydrogens is 190 g/mol. The molecule has 0 bridgehead atoms.